The largest absolute Gasteiger partial charge is 0.271 e. The second-order valence-electron chi connectivity index (χ2n) is 5.50. The molecule has 108 valence electrons. The molecule has 0 saturated carbocycles. The van der Waals surface area contributed by atoms with E-state index in [0.717, 1.165) is 16.1 Å². The fourth-order valence-electron chi connectivity index (χ4n) is 1.95. The molecule has 0 fully saturated rings. The molecule has 1 aromatic carbocycles. The second kappa shape index (κ2) is 5.95. The summed E-state index contributed by atoms with van der Waals surface area (Å²) >= 11 is 13.5. The van der Waals surface area contributed by atoms with Crippen LogP contribution in [0.2, 0.25) is 10.0 Å². The van der Waals surface area contributed by atoms with Gasteiger partial charge in [-0.3, -0.25) is 5.84 Å². The van der Waals surface area contributed by atoms with E-state index < -0.39 is 0 Å². The lowest BCUT2D eigenvalue weighted by Gasteiger charge is -2.22. The minimum absolute atomic E-state index is 0.115. The van der Waals surface area contributed by atoms with Crippen molar-refractivity contribution in [1.29, 1.82) is 0 Å². The van der Waals surface area contributed by atoms with Gasteiger partial charge < -0.3 is 0 Å². The zero-order valence-electron chi connectivity index (χ0n) is 11.4. The highest BCUT2D eigenvalue weighted by Crippen LogP contribution is 2.36. The maximum Gasteiger partial charge on any atom is 0.0861 e. The third-order valence-corrected chi connectivity index (χ3v) is 4.28. The van der Waals surface area contributed by atoms with Gasteiger partial charge >= 0.3 is 0 Å². The molecule has 3 N–H and O–H groups in total. The van der Waals surface area contributed by atoms with Gasteiger partial charge in [-0.1, -0.05) is 54.5 Å². The Labute approximate surface area is 132 Å². The molecule has 1 unspecified atom stereocenters. The first-order valence-electron chi connectivity index (χ1n) is 6.08. The standard InChI is InChI=1S/C13H16Cl2N4S/c1-13(2,3)12-11(20-19-18-12)10(17-16)8-5-4-7(14)6-9(8)15/h4-6,10,17H,16H2,1-3H3. The summed E-state index contributed by atoms with van der Waals surface area (Å²) in [5.41, 5.74) is 4.45. The van der Waals surface area contributed by atoms with Gasteiger partial charge in [0.2, 0.25) is 0 Å². The van der Waals surface area contributed by atoms with Crippen LogP contribution in [0.4, 0.5) is 0 Å². The van der Waals surface area contributed by atoms with Gasteiger partial charge in [-0.15, -0.1) is 5.10 Å². The number of nitrogens with one attached hydrogen (secondary N) is 1. The molecule has 1 atom stereocenters. The molecule has 20 heavy (non-hydrogen) atoms. The highest BCUT2D eigenvalue weighted by molar-refractivity contribution is 7.05. The molecule has 0 aliphatic rings. The van der Waals surface area contributed by atoms with E-state index in [9.17, 15) is 0 Å². The number of rotatable bonds is 3. The third-order valence-electron chi connectivity index (χ3n) is 2.93. The fraction of sp³-hybridized carbons (Fsp3) is 0.385. The number of aromatic nitrogens is 2. The van der Waals surface area contributed by atoms with Crippen molar-refractivity contribution in [1.82, 2.24) is 15.0 Å². The van der Waals surface area contributed by atoms with Crippen molar-refractivity contribution >= 4 is 34.7 Å². The number of hydrazine groups is 1. The lowest BCUT2D eigenvalue weighted by molar-refractivity contribution is 0.543. The predicted molar refractivity (Wildman–Crippen MR) is 84.2 cm³/mol. The fourth-order valence-corrected chi connectivity index (χ4v) is 3.41. The summed E-state index contributed by atoms with van der Waals surface area (Å²) < 4.78 is 4.06. The van der Waals surface area contributed by atoms with Gasteiger partial charge in [-0.25, -0.2) is 5.43 Å². The molecule has 0 aliphatic carbocycles. The smallest absolute Gasteiger partial charge is 0.0861 e. The Hall–Kier alpha value is -0.720. The normalized spacial score (nSPS) is 13.5. The van der Waals surface area contributed by atoms with E-state index >= 15 is 0 Å². The van der Waals surface area contributed by atoms with Gasteiger partial charge in [0.05, 0.1) is 16.6 Å². The molecule has 0 saturated heterocycles. The van der Waals surface area contributed by atoms with E-state index in [2.05, 4.69) is 35.8 Å². The van der Waals surface area contributed by atoms with Crippen LogP contribution in [0.3, 0.4) is 0 Å². The zero-order chi connectivity index (χ0) is 14.9. The maximum absolute atomic E-state index is 6.27. The maximum atomic E-state index is 6.27. The van der Waals surface area contributed by atoms with Gasteiger partial charge in [0.1, 0.15) is 0 Å². The third kappa shape index (κ3) is 3.13. The van der Waals surface area contributed by atoms with Gasteiger partial charge in [0, 0.05) is 15.5 Å². The van der Waals surface area contributed by atoms with E-state index in [1.807, 2.05) is 6.07 Å². The van der Waals surface area contributed by atoms with E-state index in [1.165, 1.54) is 11.5 Å². The minimum atomic E-state index is -0.256. The van der Waals surface area contributed by atoms with Crippen LogP contribution in [0.5, 0.6) is 0 Å². The highest BCUT2D eigenvalue weighted by Gasteiger charge is 2.28. The molecule has 0 radical (unpaired) electrons. The van der Waals surface area contributed by atoms with Gasteiger partial charge in [-0.05, 0) is 29.2 Å². The quantitative estimate of drug-likeness (QED) is 0.665. The summed E-state index contributed by atoms with van der Waals surface area (Å²) in [6.45, 7) is 6.26. The van der Waals surface area contributed by atoms with E-state index in [-0.39, 0.29) is 11.5 Å². The summed E-state index contributed by atoms with van der Waals surface area (Å²) in [7, 11) is 0. The van der Waals surface area contributed by atoms with Crippen molar-refractivity contribution in [2.75, 3.05) is 0 Å². The first kappa shape index (κ1) is 15.7. The Morgan fingerprint density at radius 3 is 2.55 bits per heavy atom. The molecule has 1 aromatic heterocycles. The van der Waals surface area contributed by atoms with Crippen LogP contribution in [-0.2, 0) is 5.41 Å². The lowest BCUT2D eigenvalue weighted by Crippen LogP contribution is -2.30. The number of nitrogens with zero attached hydrogens (tertiary/aromatic N) is 2. The molecule has 0 aliphatic heterocycles. The van der Waals surface area contributed by atoms with Gasteiger partial charge in [0.25, 0.3) is 0 Å². The molecule has 0 bridgehead atoms. The molecular weight excluding hydrogens is 315 g/mol. The van der Waals surface area contributed by atoms with E-state index in [4.69, 9.17) is 29.0 Å². The van der Waals surface area contributed by atoms with Crippen LogP contribution in [0.25, 0.3) is 0 Å². The molecule has 1 heterocycles. The topological polar surface area (TPSA) is 63.8 Å². The number of hydrogen-bond acceptors (Lipinski definition) is 5. The average molecular weight is 331 g/mol. The first-order chi connectivity index (χ1) is 9.34. The van der Waals surface area contributed by atoms with Crippen molar-refractivity contribution < 1.29 is 0 Å². The van der Waals surface area contributed by atoms with Crippen LogP contribution in [-0.4, -0.2) is 9.59 Å². The monoisotopic (exact) mass is 330 g/mol. The number of halogens is 2. The average Bonchev–Trinajstić information content (AvgIpc) is 2.81. The van der Waals surface area contributed by atoms with Crippen LogP contribution in [0.15, 0.2) is 18.2 Å². The zero-order valence-corrected chi connectivity index (χ0v) is 13.8. The molecule has 7 heteroatoms. The Balaban J connectivity index is 2.51. The van der Waals surface area contributed by atoms with Gasteiger partial charge in [0.15, 0.2) is 0 Å². The van der Waals surface area contributed by atoms with Crippen molar-refractivity contribution in [3.8, 4) is 0 Å². The van der Waals surface area contributed by atoms with Crippen LogP contribution < -0.4 is 11.3 Å². The number of nitrogens with two attached hydrogens (primary N) is 1. The number of hydrogen-bond donors (Lipinski definition) is 2. The van der Waals surface area contributed by atoms with Crippen molar-refractivity contribution in [2.24, 2.45) is 5.84 Å². The highest BCUT2D eigenvalue weighted by atomic mass is 35.5. The summed E-state index contributed by atoms with van der Waals surface area (Å²) in [4.78, 5) is 0.962. The second-order valence-corrected chi connectivity index (χ2v) is 7.13. The van der Waals surface area contributed by atoms with Crippen LogP contribution >= 0.6 is 34.7 Å². The molecule has 2 aromatic rings. The molecule has 0 spiro atoms. The summed E-state index contributed by atoms with van der Waals surface area (Å²) in [5.74, 6) is 5.72. The summed E-state index contributed by atoms with van der Waals surface area (Å²) in [5, 5.41) is 5.39. The van der Waals surface area contributed by atoms with Crippen LogP contribution in [0.1, 0.15) is 42.9 Å². The molecule has 2 rings (SSSR count). The van der Waals surface area contributed by atoms with Crippen LogP contribution in [0, 0.1) is 0 Å². The van der Waals surface area contributed by atoms with Crippen molar-refractivity contribution in [3.63, 3.8) is 0 Å². The molecule has 0 amide bonds. The van der Waals surface area contributed by atoms with Crippen molar-refractivity contribution in [3.05, 3.63) is 44.4 Å². The minimum Gasteiger partial charge on any atom is -0.271 e. The summed E-state index contributed by atoms with van der Waals surface area (Å²) in [6, 6.07) is 5.10. The van der Waals surface area contributed by atoms with E-state index in [1.54, 1.807) is 12.1 Å². The SMILES string of the molecule is CC(C)(C)c1nnsc1C(NN)c1ccc(Cl)cc1Cl. The Morgan fingerprint density at radius 2 is 2.00 bits per heavy atom. The lowest BCUT2D eigenvalue weighted by atomic mass is 9.89. The number of benzene rings is 1. The van der Waals surface area contributed by atoms with Crippen molar-refractivity contribution in [2.45, 2.75) is 32.2 Å². The Morgan fingerprint density at radius 1 is 1.30 bits per heavy atom. The summed E-state index contributed by atoms with van der Waals surface area (Å²) in [6.07, 6.45) is 0. The van der Waals surface area contributed by atoms with E-state index in [0.29, 0.717) is 10.0 Å². The Bertz CT molecular complexity index is 607. The predicted octanol–water partition coefficient (Wildman–Crippen LogP) is 3.70. The first-order valence-corrected chi connectivity index (χ1v) is 7.61. The Kier molecular flexibility index (Phi) is 4.66. The van der Waals surface area contributed by atoms with Gasteiger partial charge in [-0.2, -0.15) is 0 Å². The molecule has 4 nitrogen and oxygen atoms in total. The molecular formula is C13H16Cl2N4S.